The Hall–Kier alpha value is -3.15. The lowest BCUT2D eigenvalue weighted by Crippen LogP contribution is -2.30. The summed E-state index contributed by atoms with van der Waals surface area (Å²) in [4.78, 5) is 25.2. The first-order valence-electron chi connectivity index (χ1n) is 13.7. The number of para-hydroxylation sites is 2. The third-order valence-electron chi connectivity index (χ3n) is 6.93. The molecule has 1 aliphatic heterocycles. The molecule has 6 nitrogen and oxygen atoms in total. The zero-order valence-corrected chi connectivity index (χ0v) is 23.3. The SMILES string of the molecule is CC.CC.CCC(C)C1CCN(c2ccnc3c2cc(C(=O)NC(C)C)c2nc4ccccc4n23)C1. The number of fused-ring (bicyclic) bond motifs is 5. The van der Waals surface area contributed by atoms with Crippen molar-refractivity contribution in [1.82, 2.24) is 19.7 Å². The van der Waals surface area contributed by atoms with Crippen molar-refractivity contribution in [2.75, 3.05) is 18.0 Å². The molecule has 2 atom stereocenters. The lowest BCUT2D eigenvalue weighted by Gasteiger charge is -2.23. The first kappa shape index (κ1) is 27.4. The molecule has 0 spiro atoms. The van der Waals surface area contributed by atoms with Crippen LogP contribution in [0.5, 0.6) is 0 Å². The van der Waals surface area contributed by atoms with Crippen molar-refractivity contribution in [3.63, 3.8) is 0 Å². The summed E-state index contributed by atoms with van der Waals surface area (Å²) in [6, 6.07) is 12.1. The highest BCUT2D eigenvalue weighted by molar-refractivity contribution is 6.07. The Kier molecular flexibility index (Phi) is 9.30. The van der Waals surface area contributed by atoms with Gasteiger partial charge in [-0.15, -0.1) is 0 Å². The minimum atomic E-state index is -0.101. The monoisotopic (exact) mass is 489 g/mol. The van der Waals surface area contributed by atoms with Crippen molar-refractivity contribution in [2.24, 2.45) is 11.8 Å². The number of pyridine rings is 2. The van der Waals surface area contributed by atoms with E-state index >= 15 is 0 Å². The predicted octanol–water partition coefficient (Wildman–Crippen LogP) is 7.10. The molecule has 1 N–H and O–H groups in total. The second kappa shape index (κ2) is 12.2. The van der Waals surface area contributed by atoms with E-state index in [9.17, 15) is 4.79 Å². The fourth-order valence-electron chi connectivity index (χ4n) is 4.99. The van der Waals surface area contributed by atoms with Gasteiger partial charge >= 0.3 is 0 Å². The molecule has 3 aromatic heterocycles. The standard InChI is InChI=1S/C26H31N5O.2C2H6/c1-5-17(4)18-11-13-30(15-18)22-10-12-27-24-19(22)14-20(26(32)28-16(2)3)25-29-21-8-6-7-9-23(21)31(24)25;2*1-2/h6-10,12,14,16-18H,5,11,13,15H2,1-4H3,(H,28,32);2*1-2H3. The Morgan fingerprint density at radius 3 is 2.50 bits per heavy atom. The van der Waals surface area contributed by atoms with Crippen LogP contribution in [-0.2, 0) is 0 Å². The fraction of sp³-hybridized carbons (Fsp3) is 0.500. The summed E-state index contributed by atoms with van der Waals surface area (Å²) in [5.74, 6) is 1.31. The summed E-state index contributed by atoms with van der Waals surface area (Å²) < 4.78 is 2.05. The quantitative estimate of drug-likeness (QED) is 0.325. The molecule has 1 amide bonds. The number of carbonyl (C=O) groups excluding carboxylic acids is 1. The lowest BCUT2D eigenvalue weighted by atomic mass is 9.91. The first-order valence-corrected chi connectivity index (χ1v) is 13.7. The molecular weight excluding hydrogens is 446 g/mol. The van der Waals surface area contributed by atoms with E-state index in [2.05, 4.69) is 30.1 Å². The molecule has 4 heterocycles. The van der Waals surface area contributed by atoms with Crippen molar-refractivity contribution in [3.05, 3.63) is 48.2 Å². The number of anilines is 1. The third-order valence-corrected chi connectivity index (χ3v) is 6.93. The van der Waals surface area contributed by atoms with Crippen LogP contribution in [0.1, 0.15) is 78.6 Å². The van der Waals surface area contributed by atoms with Crippen LogP contribution in [0.2, 0.25) is 0 Å². The van der Waals surface area contributed by atoms with Crippen LogP contribution in [0.3, 0.4) is 0 Å². The van der Waals surface area contributed by atoms with E-state index in [1.54, 1.807) is 0 Å². The van der Waals surface area contributed by atoms with Gasteiger partial charge in [0.15, 0.2) is 5.65 Å². The molecule has 1 aliphatic rings. The van der Waals surface area contributed by atoms with Crippen LogP contribution in [0.15, 0.2) is 42.6 Å². The summed E-state index contributed by atoms with van der Waals surface area (Å²) in [5, 5.41) is 4.05. The van der Waals surface area contributed by atoms with Gasteiger partial charge in [0.1, 0.15) is 5.65 Å². The van der Waals surface area contributed by atoms with Gasteiger partial charge in [0.2, 0.25) is 0 Å². The highest BCUT2D eigenvalue weighted by atomic mass is 16.1. The summed E-state index contributed by atoms with van der Waals surface area (Å²) in [6.45, 7) is 18.7. The molecule has 1 aromatic carbocycles. The van der Waals surface area contributed by atoms with E-state index in [1.165, 1.54) is 12.8 Å². The number of nitrogens with one attached hydrogen (secondary N) is 1. The molecule has 2 unspecified atom stereocenters. The van der Waals surface area contributed by atoms with Gasteiger partial charge in [-0.2, -0.15) is 0 Å². The van der Waals surface area contributed by atoms with Crippen molar-refractivity contribution >= 4 is 39.3 Å². The van der Waals surface area contributed by atoms with Gasteiger partial charge in [-0.3, -0.25) is 9.20 Å². The van der Waals surface area contributed by atoms with Gasteiger partial charge in [0.25, 0.3) is 5.91 Å². The highest BCUT2D eigenvalue weighted by Crippen LogP contribution is 2.35. The van der Waals surface area contributed by atoms with Gasteiger partial charge in [-0.25, -0.2) is 9.97 Å². The second-order valence-electron chi connectivity index (χ2n) is 9.39. The molecule has 194 valence electrons. The maximum Gasteiger partial charge on any atom is 0.255 e. The zero-order chi connectivity index (χ0) is 26.4. The van der Waals surface area contributed by atoms with E-state index in [0.29, 0.717) is 23.0 Å². The molecule has 0 bridgehead atoms. The highest BCUT2D eigenvalue weighted by Gasteiger charge is 2.28. The largest absolute Gasteiger partial charge is 0.371 e. The maximum atomic E-state index is 13.2. The van der Waals surface area contributed by atoms with E-state index in [-0.39, 0.29) is 11.9 Å². The van der Waals surface area contributed by atoms with Crippen molar-refractivity contribution < 1.29 is 4.79 Å². The van der Waals surface area contributed by atoms with Gasteiger partial charge in [-0.05, 0) is 56.4 Å². The van der Waals surface area contributed by atoms with Crippen LogP contribution < -0.4 is 10.2 Å². The fourth-order valence-corrected chi connectivity index (χ4v) is 4.99. The number of benzene rings is 1. The minimum absolute atomic E-state index is 0.0471. The van der Waals surface area contributed by atoms with E-state index in [4.69, 9.17) is 9.97 Å². The number of carbonyl (C=O) groups is 1. The molecule has 0 radical (unpaired) electrons. The smallest absolute Gasteiger partial charge is 0.255 e. The molecule has 0 saturated carbocycles. The normalized spacial score (nSPS) is 16.0. The zero-order valence-electron chi connectivity index (χ0n) is 23.3. The first-order chi connectivity index (χ1) is 17.5. The van der Waals surface area contributed by atoms with Crippen molar-refractivity contribution in [2.45, 2.75) is 74.3 Å². The molecular formula is C30H43N5O. The van der Waals surface area contributed by atoms with Crippen LogP contribution in [0.25, 0.3) is 27.7 Å². The Morgan fingerprint density at radius 1 is 1.08 bits per heavy atom. The Morgan fingerprint density at radius 2 is 1.81 bits per heavy atom. The van der Waals surface area contributed by atoms with Crippen LogP contribution in [0.4, 0.5) is 5.69 Å². The topological polar surface area (TPSA) is 62.5 Å². The lowest BCUT2D eigenvalue weighted by molar-refractivity contribution is 0.0944. The van der Waals surface area contributed by atoms with Gasteiger partial charge in [0, 0.05) is 36.4 Å². The van der Waals surface area contributed by atoms with Crippen molar-refractivity contribution in [3.8, 4) is 0 Å². The molecule has 5 rings (SSSR count). The van der Waals surface area contributed by atoms with E-state index in [0.717, 1.165) is 40.8 Å². The number of hydrogen-bond acceptors (Lipinski definition) is 4. The number of imidazole rings is 1. The number of rotatable bonds is 5. The summed E-state index contributed by atoms with van der Waals surface area (Å²) in [6.07, 6.45) is 4.29. The molecule has 1 saturated heterocycles. The summed E-state index contributed by atoms with van der Waals surface area (Å²) in [5.41, 5.74) is 5.08. The maximum absolute atomic E-state index is 13.2. The van der Waals surface area contributed by atoms with Crippen LogP contribution >= 0.6 is 0 Å². The van der Waals surface area contributed by atoms with E-state index < -0.39 is 0 Å². The predicted molar refractivity (Wildman–Crippen MR) is 153 cm³/mol. The van der Waals surface area contributed by atoms with E-state index in [1.807, 2.05) is 82.5 Å². The van der Waals surface area contributed by atoms with Gasteiger partial charge in [-0.1, -0.05) is 60.1 Å². The molecule has 1 fully saturated rings. The second-order valence-corrected chi connectivity index (χ2v) is 9.39. The number of aromatic nitrogens is 3. The molecule has 4 aromatic rings. The minimum Gasteiger partial charge on any atom is -0.371 e. The average Bonchev–Trinajstić information content (AvgIpc) is 3.55. The number of nitrogens with zero attached hydrogens (tertiary/aromatic N) is 4. The molecule has 6 heteroatoms. The third kappa shape index (κ3) is 5.18. The number of amides is 1. The Bertz CT molecular complexity index is 1310. The average molecular weight is 490 g/mol. The molecule has 36 heavy (non-hydrogen) atoms. The van der Waals surface area contributed by atoms with Gasteiger partial charge in [0.05, 0.1) is 16.6 Å². The van der Waals surface area contributed by atoms with Crippen molar-refractivity contribution in [1.29, 1.82) is 0 Å². The number of hydrogen-bond donors (Lipinski definition) is 1. The summed E-state index contributed by atoms with van der Waals surface area (Å²) in [7, 11) is 0. The summed E-state index contributed by atoms with van der Waals surface area (Å²) >= 11 is 0. The molecule has 0 aliphatic carbocycles. The Balaban J connectivity index is 0.000000861. The van der Waals surface area contributed by atoms with Crippen LogP contribution in [-0.4, -0.2) is 39.4 Å². The Labute approximate surface area is 216 Å². The van der Waals surface area contributed by atoms with Crippen LogP contribution in [0, 0.1) is 11.8 Å². The van der Waals surface area contributed by atoms with Gasteiger partial charge < -0.3 is 10.2 Å².